The highest BCUT2D eigenvalue weighted by molar-refractivity contribution is 5.79. The molecule has 0 bridgehead atoms. The van der Waals surface area contributed by atoms with Gasteiger partial charge in [0.05, 0.1) is 17.6 Å². The lowest BCUT2D eigenvalue weighted by Crippen LogP contribution is -2.27. The number of aromatic amines is 1. The van der Waals surface area contributed by atoms with Gasteiger partial charge in [-0.15, -0.1) is 0 Å². The van der Waals surface area contributed by atoms with E-state index in [2.05, 4.69) is 64.4 Å². The minimum Gasteiger partial charge on any atom is -0.492 e. The van der Waals surface area contributed by atoms with Crippen molar-refractivity contribution in [2.24, 2.45) is 0 Å². The van der Waals surface area contributed by atoms with Crippen LogP contribution in [-0.2, 0) is 0 Å². The molecule has 2 aromatic carbocycles. The molecule has 0 radical (unpaired) electrons. The molecule has 2 N–H and O–H groups in total. The summed E-state index contributed by atoms with van der Waals surface area (Å²) >= 11 is 0. The fraction of sp³-hybridized carbons (Fsp3) is 0.269. The van der Waals surface area contributed by atoms with Crippen LogP contribution in [0, 0.1) is 6.92 Å². The third kappa shape index (κ3) is 5.75. The van der Waals surface area contributed by atoms with Gasteiger partial charge in [0.1, 0.15) is 12.4 Å². The first kappa shape index (κ1) is 22.5. The van der Waals surface area contributed by atoms with E-state index in [1.165, 1.54) is 5.56 Å². The molecular formula is C26H30N6O. The number of anilines is 2. The predicted octanol–water partition coefficient (Wildman–Crippen LogP) is 5.31. The van der Waals surface area contributed by atoms with Crippen molar-refractivity contribution >= 4 is 11.6 Å². The maximum absolute atomic E-state index is 5.87. The van der Waals surface area contributed by atoms with Gasteiger partial charge in [0, 0.05) is 29.6 Å². The molecule has 0 aliphatic carbocycles. The van der Waals surface area contributed by atoms with Crippen LogP contribution in [0.25, 0.3) is 22.5 Å². The van der Waals surface area contributed by atoms with E-state index in [0.717, 1.165) is 53.6 Å². The quantitative estimate of drug-likeness (QED) is 0.347. The van der Waals surface area contributed by atoms with Crippen molar-refractivity contribution in [3.05, 3.63) is 72.6 Å². The molecule has 0 spiro atoms. The third-order valence-corrected chi connectivity index (χ3v) is 5.56. The van der Waals surface area contributed by atoms with Gasteiger partial charge in [0.25, 0.3) is 0 Å². The van der Waals surface area contributed by atoms with Gasteiger partial charge in [0.2, 0.25) is 5.95 Å². The van der Waals surface area contributed by atoms with E-state index in [-0.39, 0.29) is 0 Å². The molecule has 2 aromatic heterocycles. The van der Waals surface area contributed by atoms with Crippen LogP contribution in [-0.4, -0.2) is 51.3 Å². The van der Waals surface area contributed by atoms with Crippen molar-refractivity contribution in [1.82, 2.24) is 25.1 Å². The summed E-state index contributed by atoms with van der Waals surface area (Å²) in [6.45, 7) is 10.1. The van der Waals surface area contributed by atoms with Crippen LogP contribution in [0.4, 0.5) is 11.6 Å². The first-order chi connectivity index (χ1) is 16.2. The van der Waals surface area contributed by atoms with Gasteiger partial charge >= 0.3 is 0 Å². The number of aromatic nitrogens is 4. The number of nitrogens with zero attached hydrogens (tertiary/aromatic N) is 4. The zero-order valence-corrected chi connectivity index (χ0v) is 19.4. The van der Waals surface area contributed by atoms with Gasteiger partial charge in [-0.3, -0.25) is 5.10 Å². The normalized spacial score (nSPS) is 11.0. The average molecular weight is 443 g/mol. The SMILES string of the molecule is CCN(CC)CCOc1ccc(Nc2nccc(-c3cn[nH]c3-c3cccc(C)c3)n2)cc1. The number of hydrogen-bond donors (Lipinski definition) is 2. The van der Waals surface area contributed by atoms with Crippen molar-refractivity contribution in [3.8, 4) is 28.3 Å². The number of aryl methyl sites for hydroxylation is 1. The van der Waals surface area contributed by atoms with Crippen molar-refractivity contribution in [3.63, 3.8) is 0 Å². The number of nitrogens with one attached hydrogen (secondary N) is 2. The Balaban J connectivity index is 1.44. The van der Waals surface area contributed by atoms with Gasteiger partial charge in [0.15, 0.2) is 0 Å². The second-order valence-electron chi connectivity index (χ2n) is 7.82. The summed E-state index contributed by atoms with van der Waals surface area (Å²) < 4.78 is 5.87. The molecule has 0 fully saturated rings. The van der Waals surface area contributed by atoms with Crippen LogP contribution in [0.5, 0.6) is 5.75 Å². The Kier molecular flexibility index (Phi) is 7.32. The van der Waals surface area contributed by atoms with Crippen LogP contribution in [0.1, 0.15) is 19.4 Å². The van der Waals surface area contributed by atoms with E-state index in [1.54, 1.807) is 12.4 Å². The van der Waals surface area contributed by atoms with E-state index in [4.69, 9.17) is 9.72 Å². The summed E-state index contributed by atoms with van der Waals surface area (Å²) in [5, 5.41) is 10.6. The Labute approximate surface area is 194 Å². The zero-order chi connectivity index (χ0) is 23.0. The monoisotopic (exact) mass is 442 g/mol. The lowest BCUT2D eigenvalue weighted by molar-refractivity contribution is 0.223. The Morgan fingerprint density at radius 1 is 1.03 bits per heavy atom. The molecular weight excluding hydrogens is 412 g/mol. The summed E-state index contributed by atoms with van der Waals surface area (Å²) in [6, 6.07) is 18.1. The van der Waals surface area contributed by atoms with E-state index in [0.29, 0.717) is 12.6 Å². The lowest BCUT2D eigenvalue weighted by atomic mass is 10.0. The van der Waals surface area contributed by atoms with Gasteiger partial charge in [-0.2, -0.15) is 5.10 Å². The number of likely N-dealkylation sites (N-methyl/N-ethyl adjacent to an activating group) is 1. The zero-order valence-electron chi connectivity index (χ0n) is 19.4. The Bertz CT molecular complexity index is 1170. The van der Waals surface area contributed by atoms with Crippen molar-refractivity contribution < 1.29 is 4.74 Å². The second-order valence-corrected chi connectivity index (χ2v) is 7.82. The topological polar surface area (TPSA) is 79.0 Å². The molecule has 7 nitrogen and oxygen atoms in total. The molecule has 7 heteroatoms. The Hall–Kier alpha value is -3.71. The van der Waals surface area contributed by atoms with Gasteiger partial charge < -0.3 is 15.0 Å². The van der Waals surface area contributed by atoms with Crippen molar-refractivity contribution in [2.75, 3.05) is 31.6 Å². The van der Waals surface area contributed by atoms with Crippen LogP contribution in [0.15, 0.2) is 67.0 Å². The number of hydrogen-bond acceptors (Lipinski definition) is 6. The first-order valence-corrected chi connectivity index (χ1v) is 11.3. The highest BCUT2D eigenvalue weighted by atomic mass is 16.5. The molecule has 4 aromatic rings. The molecule has 0 saturated carbocycles. The number of benzene rings is 2. The molecule has 33 heavy (non-hydrogen) atoms. The van der Waals surface area contributed by atoms with Gasteiger partial charge in [-0.05, 0) is 56.4 Å². The summed E-state index contributed by atoms with van der Waals surface area (Å²) in [6.07, 6.45) is 3.55. The molecule has 2 heterocycles. The van der Waals surface area contributed by atoms with Crippen molar-refractivity contribution in [1.29, 1.82) is 0 Å². The average Bonchev–Trinajstić information content (AvgIpc) is 3.33. The molecule has 0 amide bonds. The largest absolute Gasteiger partial charge is 0.492 e. The second kappa shape index (κ2) is 10.7. The third-order valence-electron chi connectivity index (χ3n) is 5.56. The van der Waals surface area contributed by atoms with Crippen molar-refractivity contribution in [2.45, 2.75) is 20.8 Å². The number of H-pyrrole nitrogens is 1. The minimum atomic E-state index is 0.527. The van der Waals surface area contributed by atoms with E-state index >= 15 is 0 Å². The molecule has 170 valence electrons. The molecule has 0 aliphatic heterocycles. The first-order valence-electron chi connectivity index (χ1n) is 11.3. The standard InChI is InChI=1S/C26H30N6O/c1-4-32(5-2)15-16-33-22-11-9-21(10-12-22)29-26-27-14-13-24(30-26)23-18-28-31-25(23)20-8-6-7-19(3)17-20/h6-14,17-18H,4-5,15-16H2,1-3H3,(H,28,31)(H,27,29,30). The maximum atomic E-state index is 5.87. The van der Waals surface area contributed by atoms with Crippen LogP contribution < -0.4 is 10.1 Å². The molecule has 0 saturated heterocycles. The lowest BCUT2D eigenvalue weighted by Gasteiger charge is -2.18. The smallest absolute Gasteiger partial charge is 0.227 e. The number of ether oxygens (including phenoxy) is 1. The van der Waals surface area contributed by atoms with E-state index in [1.807, 2.05) is 36.4 Å². The Morgan fingerprint density at radius 2 is 1.85 bits per heavy atom. The molecule has 0 atom stereocenters. The summed E-state index contributed by atoms with van der Waals surface area (Å²) in [7, 11) is 0. The van der Waals surface area contributed by atoms with Crippen LogP contribution in [0.3, 0.4) is 0 Å². The Morgan fingerprint density at radius 3 is 2.61 bits per heavy atom. The highest BCUT2D eigenvalue weighted by Crippen LogP contribution is 2.30. The van der Waals surface area contributed by atoms with Gasteiger partial charge in [-0.1, -0.05) is 37.6 Å². The van der Waals surface area contributed by atoms with E-state index in [9.17, 15) is 0 Å². The fourth-order valence-electron chi connectivity index (χ4n) is 3.67. The molecule has 0 unspecified atom stereocenters. The van der Waals surface area contributed by atoms with E-state index < -0.39 is 0 Å². The van der Waals surface area contributed by atoms with Gasteiger partial charge in [-0.25, -0.2) is 9.97 Å². The van der Waals surface area contributed by atoms with Crippen LogP contribution >= 0.6 is 0 Å². The summed E-state index contributed by atoms with van der Waals surface area (Å²) in [5.74, 6) is 1.38. The summed E-state index contributed by atoms with van der Waals surface area (Å²) in [4.78, 5) is 11.4. The predicted molar refractivity (Wildman–Crippen MR) is 133 cm³/mol. The maximum Gasteiger partial charge on any atom is 0.227 e. The highest BCUT2D eigenvalue weighted by Gasteiger charge is 2.12. The minimum absolute atomic E-state index is 0.527. The molecule has 0 aliphatic rings. The fourth-order valence-corrected chi connectivity index (χ4v) is 3.67. The number of rotatable bonds is 10. The summed E-state index contributed by atoms with van der Waals surface area (Å²) in [5.41, 5.74) is 5.84. The van der Waals surface area contributed by atoms with Crippen LogP contribution in [0.2, 0.25) is 0 Å². The molecule has 4 rings (SSSR count).